The minimum Gasteiger partial charge on any atom is -0.348 e. The molecule has 0 radical (unpaired) electrons. The minimum atomic E-state index is -0.309. The summed E-state index contributed by atoms with van der Waals surface area (Å²) in [6.45, 7) is 0.373. The Hall–Kier alpha value is -2.14. The molecule has 0 atom stereocenters. The summed E-state index contributed by atoms with van der Waals surface area (Å²) in [6.07, 6.45) is 1.71. The number of aliphatic imine (C=N–C) groups is 1. The zero-order valence-corrected chi connectivity index (χ0v) is 10.7. The molecule has 5 heteroatoms. The van der Waals surface area contributed by atoms with Crippen LogP contribution in [0.1, 0.15) is 11.3 Å². The number of thiocarbonyl (C=S) groups is 1. The van der Waals surface area contributed by atoms with Gasteiger partial charge in [-0.05, 0) is 30.3 Å². The molecule has 2 heterocycles. The van der Waals surface area contributed by atoms with Crippen LogP contribution in [0.25, 0.3) is 0 Å². The van der Waals surface area contributed by atoms with Crippen molar-refractivity contribution in [2.24, 2.45) is 4.99 Å². The van der Waals surface area contributed by atoms with Gasteiger partial charge in [0.1, 0.15) is 10.8 Å². The second kappa shape index (κ2) is 4.85. The molecule has 3 rings (SSSR count). The van der Waals surface area contributed by atoms with Gasteiger partial charge in [0.2, 0.25) is 0 Å². The average molecular weight is 271 g/mol. The van der Waals surface area contributed by atoms with E-state index in [0.29, 0.717) is 17.2 Å². The van der Waals surface area contributed by atoms with Gasteiger partial charge in [-0.25, -0.2) is 4.39 Å². The maximum Gasteiger partial charge on any atom is 0.125 e. The van der Waals surface area contributed by atoms with Gasteiger partial charge in [-0.15, -0.1) is 0 Å². The summed E-state index contributed by atoms with van der Waals surface area (Å²) in [6, 6.07) is 10.1. The largest absolute Gasteiger partial charge is 0.348 e. The van der Waals surface area contributed by atoms with Crippen molar-refractivity contribution < 1.29 is 4.39 Å². The Balaban J connectivity index is 2.18. The summed E-state index contributed by atoms with van der Waals surface area (Å²) >= 11 is 5.15. The van der Waals surface area contributed by atoms with Crippen LogP contribution in [0.5, 0.6) is 0 Å². The Kier molecular flexibility index (Phi) is 3.05. The Morgan fingerprint density at radius 3 is 2.89 bits per heavy atom. The number of fused-ring (bicyclic) bond motifs is 1. The highest BCUT2D eigenvalue weighted by Crippen LogP contribution is 2.23. The summed E-state index contributed by atoms with van der Waals surface area (Å²) in [7, 11) is 0. The maximum atomic E-state index is 13.3. The van der Waals surface area contributed by atoms with Crippen LogP contribution in [0.4, 0.5) is 10.1 Å². The van der Waals surface area contributed by atoms with Gasteiger partial charge in [-0.1, -0.05) is 18.3 Å². The van der Waals surface area contributed by atoms with E-state index in [-0.39, 0.29) is 5.82 Å². The van der Waals surface area contributed by atoms with Crippen molar-refractivity contribution in [3.05, 3.63) is 59.7 Å². The van der Waals surface area contributed by atoms with Gasteiger partial charge in [-0.3, -0.25) is 9.98 Å². The van der Waals surface area contributed by atoms with Crippen molar-refractivity contribution in [1.29, 1.82) is 0 Å². The fourth-order valence-electron chi connectivity index (χ4n) is 1.97. The molecule has 1 aromatic heterocycles. The smallest absolute Gasteiger partial charge is 0.125 e. The van der Waals surface area contributed by atoms with Gasteiger partial charge in [0.05, 0.1) is 23.6 Å². The standard InChI is InChI=1S/C14H10FN3S/c15-9-4-5-10-12(7-9)18-13(19)8-17-14(10)11-3-1-2-6-16-11/h1-7H,8H2,(H,18,19). The molecule has 0 spiro atoms. The number of nitrogens with zero attached hydrogens (tertiary/aromatic N) is 2. The number of hydrogen-bond acceptors (Lipinski definition) is 3. The number of halogens is 1. The number of aromatic nitrogens is 1. The maximum absolute atomic E-state index is 13.3. The lowest BCUT2D eigenvalue weighted by Crippen LogP contribution is -2.11. The third-order valence-electron chi connectivity index (χ3n) is 2.80. The number of pyridine rings is 1. The lowest BCUT2D eigenvalue weighted by atomic mass is 10.0. The van der Waals surface area contributed by atoms with Crippen LogP contribution in [-0.2, 0) is 0 Å². The monoisotopic (exact) mass is 271 g/mol. The summed E-state index contributed by atoms with van der Waals surface area (Å²) in [5, 5.41) is 3.01. The summed E-state index contributed by atoms with van der Waals surface area (Å²) in [5.41, 5.74) is 2.91. The first-order valence-electron chi connectivity index (χ1n) is 5.80. The molecular formula is C14H10FN3S. The van der Waals surface area contributed by atoms with E-state index in [1.54, 1.807) is 12.3 Å². The topological polar surface area (TPSA) is 37.3 Å². The minimum absolute atomic E-state index is 0.309. The number of benzene rings is 1. The van der Waals surface area contributed by atoms with E-state index in [4.69, 9.17) is 12.2 Å². The van der Waals surface area contributed by atoms with Crippen molar-refractivity contribution >= 4 is 28.6 Å². The van der Waals surface area contributed by atoms with Gasteiger partial charge >= 0.3 is 0 Å². The number of benzodiazepines with no additional fused rings is 1. The summed E-state index contributed by atoms with van der Waals surface area (Å²) < 4.78 is 13.3. The van der Waals surface area contributed by atoms with Crippen LogP contribution in [0, 0.1) is 5.82 Å². The van der Waals surface area contributed by atoms with Crippen LogP contribution in [-0.4, -0.2) is 22.2 Å². The van der Waals surface area contributed by atoms with Gasteiger partial charge in [-0.2, -0.15) is 0 Å². The second-order valence-electron chi connectivity index (χ2n) is 4.12. The zero-order chi connectivity index (χ0) is 13.2. The van der Waals surface area contributed by atoms with Crippen LogP contribution < -0.4 is 5.32 Å². The van der Waals surface area contributed by atoms with Crippen molar-refractivity contribution in [2.75, 3.05) is 11.9 Å². The molecule has 3 nitrogen and oxygen atoms in total. The van der Waals surface area contributed by atoms with E-state index >= 15 is 0 Å². The van der Waals surface area contributed by atoms with Crippen molar-refractivity contribution in [3.8, 4) is 0 Å². The third kappa shape index (κ3) is 2.37. The number of nitrogens with one attached hydrogen (secondary N) is 1. The van der Waals surface area contributed by atoms with Crippen LogP contribution >= 0.6 is 12.2 Å². The van der Waals surface area contributed by atoms with Crippen molar-refractivity contribution in [2.45, 2.75) is 0 Å². The number of hydrogen-bond donors (Lipinski definition) is 1. The molecule has 1 aliphatic rings. The van der Waals surface area contributed by atoms with Crippen molar-refractivity contribution in [3.63, 3.8) is 0 Å². The SMILES string of the molecule is Fc1ccc2c(c1)NC(=S)CN=C2c1ccccn1. The molecular weight excluding hydrogens is 261 g/mol. The fraction of sp³-hybridized carbons (Fsp3) is 0.0714. The quantitative estimate of drug-likeness (QED) is 0.810. The number of rotatable bonds is 1. The number of anilines is 1. The lowest BCUT2D eigenvalue weighted by molar-refractivity contribution is 0.628. The van der Waals surface area contributed by atoms with Gasteiger partial charge in [0.15, 0.2) is 0 Å². The molecule has 1 N–H and O–H groups in total. The molecule has 94 valence electrons. The average Bonchev–Trinajstić information content (AvgIpc) is 2.57. The molecule has 0 saturated heterocycles. The third-order valence-corrected chi connectivity index (χ3v) is 3.03. The molecule has 0 bridgehead atoms. The van der Waals surface area contributed by atoms with E-state index in [0.717, 1.165) is 17.0 Å². The zero-order valence-electron chi connectivity index (χ0n) is 9.93. The molecule has 0 fully saturated rings. The highest BCUT2D eigenvalue weighted by molar-refractivity contribution is 7.80. The van der Waals surface area contributed by atoms with E-state index in [9.17, 15) is 4.39 Å². The first-order valence-corrected chi connectivity index (χ1v) is 6.20. The molecule has 1 aliphatic heterocycles. The highest BCUT2D eigenvalue weighted by atomic mass is 32.1. The summed E-state index contributed by atoms with van der Waals surface area (Å²) in [5.74, 6) is -0.309. The van der Waals surface area contributed by atoms with Crippen LogP contribution in [0.15, 0.2) is 47.6 Å². The molecule has 0 amide bonds. The highest BCUT2D eigenvalue weighted by Gasteiger charge is 2.17. The molecule has 2 aromatic rings. The van der Waals surface area contributed by atoms with E-state index in [1.807, 2.05) is 18.2 Å². The van der Waals surface area contributed by atoms with Crippen LogP contribution in [0.2, 0.25) is 0 Å². The first-order chi connectivity index (χ1) is 9.24. The van der Waals surface area contributed by atoms with Gasteiger partial charge in [0, 0.05) is 11.8 Å². The molecule has 19 heavy (non-hydrogen) atoms. The molecule has 0 unspecified atom stereocenters. The fourth-order valence-corrected chi connectivity index (χ4v) is 2.15. The van der Waals surface area contributed by atoms with Crippen molar-refractivity contribution in [1.82, 2.24) is 4.98 Å². The second-order valence-corrected chi connectivity index (χ2v) is 4.61. The Morgan fingerprint density at radius 2 is 2.11 bits per heavy atom. The molecule has 0 saturated carbocycles. The first kappa shape index (κ1) is 11.9. The van der Waals surface area contributed by atoms with E-state index in [1.165, 1.54) is 12.1 Å². The van der Waals surface area contributed by atoms with Crippen LogP contribution in [0.3, 0.4) is 0 Å². The lowest BCUT2D eigenvalue weighted by Gasteiger charge is -2.09. The van der Waals surface area contributed by atoms with Gasteiger partial charge < -0.3 is 5.32 Å². The Labute approximate surface area is 115 Å². The Bertz CT molecular complexity index is 668. The predicted octanol–water partition coefficient (Wildman–Crippen LogP) is 2.81. The Morgan fingerprint density at radius 1 is 1.21 bits per heavy atom. The summed E-state index contributed by atoms with van der Waals surface area (Å²) in [4.78, 5) is 9.34. The molecule has 1 aromatic carbocycles. The van der Waals surface area contributed by atoms with E-state index < -0.39 is 0 Å². The van der Waals surface area contributed by atoms with E-state index in [2.05, 4.69) is 15.3 Å². The van der Waals surface area contributed by atoms with Gasteiger partial charge in [0.25, 0.3) is 0 Å². The normalized spacial score (nSPS) is 14.2. The molecule has 0 aliphatic carbocycles. The predicted molar refractivity (Wildman–Crippen MR) is 77.4 cm³/mol.